The van der Waals surface area contributed by atoms with Gasteiger partial charge in [0.15, 0.2) is 0 Å². The van der Waals surface area contributed by atoms with Gasteiger partial charge in [0.2, 0.25) is 0 Å². The molecule has 0 heterocycles. The van der Waals surface area contributed by atoms with Gasteiger partial charge in [0, 0.05) is 19.6 Å². The molecule has 0 aliphatic rings. The summed E-state index contributed by atoms with van der Waals surface area (Å²) in [5.41, 5.74) is 1.19. The second-order valence-electron chi connectivity index (χ2n) is 3.59. The van der Waals surface area contributed by atoms with Crippen molar-refractivity contribution in [2.75, 3.05) is 19.8 Å². The van der Waals surface area contributed by atoms with Crippen LogP contribution < -0.4 is 10.1 Å². The molecule has 0 aliphatic heterocycles. The minimum absolute atomic E-state index is 0.147. The Morgan fingerprint density at radius 1 is 1.29 bits per heavy atom. The third-order valence-electron chi connectivity index (χ3n) is 2.19. The van der Waals surface area contributed by atoms with Crippen molar-refractivity contribution in [3.8, 4) is 5.75 Å². The van der Waals surface area contributed by atoms with Crippen LogP contribution in [0.25, 0.3) is 0 Å². The monoisotopic (exact) mass is 365 g/mol. The molecule has 0 aliphatic carbocycles. The number of hydrogen-bond acceptors (Lipinski definition) is 3. The summed E-state index contributed by atoms with van der Waals surface area (Å²) in [6, 6.07) is 4.09. The zero-order chi connectivity index (χ0) is 12.7. The van der Waals surface area contributed by atoms with Gasteiger partial charge in [-0.15, -0.1) is 0 Å². The van der Waals surface area contributed by atoms with Gasteiger partial charge in [-0.25, -0.2) is 0 Å². The minimum atomic E-state index is 0.147. The number of ether oxygens (including phenoxy) is 1. The highest BCUT2D eigenvalue weighted by atomic mass is 79.9. The molecule has 0 atom stereocenters. The van der Waals surface area contributed by atoms with Gasteiger partial charge in [-0.1, -0.05) is 6.92 Å². The molecule has 96 valence electrons. The van der Waals surface area contributed by atoms with Crippen molar-refractivity contribution in [3.05, 3.63) is 26.6 Å². The van der Waals surface area contributed by atoms with Gasteiger partial charge < -0.3 is 15.2 Å². The van der Waals surface area contributed by atoms with E-state index in [0.29, 0.717) is 13.0 Å². The maximum absolute atomic E-state index is 8.71. The van der Waals surface area contributed by atoms with E-state index >= 15 is 0 Å². The Balaban J connectivity index is 2.72. The van der Waals surface area contributed by atoms with Crippen LogP contribution in [0.2, 0.25) is 0 Å². The molecular weight excluding hydrogens is 350 g/mol. The number of halogens is 2. The van der Waals surface area contributed by atoms with Crippen LogP contribution in [0.5, 0.6) is 5.75 Å². The Morgan fingerprint density at radius 3 is 2.47 bits per heavy atom. The lowest BCUT2D eigenvalue weighted by atomic mass is 10.2. The first-order chi connectivity index (χ1) is 8.19. The Bertz CT molecular complexity index is 335. The summed E-state index contributed by atoms with van der Waals surface area (Å²) >= 11 is 6.99. The highest BCUT2D eigenvalue weighted by Crippen LogP contribution is 2.34. The zero-order valence-corrected chi connectivity index (χ0v) is 13.0. The first-order valence-corrected chi connectivity index (χ1v) is 7.20. The van der Waals surface area contributed by atoms with Gasteiger partial charge in [0.25, 0.3) is 0 Å². The van der Waals surface area contributed by atoms with Crippen molar-refractivity contribution in [3.63, 3.8) is 0 Å². The second-order valence-corrected chi connectivity index (χ2v) is 5.30. The van der Waals surface area contributed by atoms with E-state index in [1.165, 1.54) is 5.56 Å². The summed E-state index contributed by atoms with van der Waals surface area (Å²) in [5.74, 6) is 0.790. The summed E-state index contributed by atoms with van der Waals surface area (Å²) < 4.78 is 7.45. The van der Waals surface area contributed by atoms with Crippen LogP contribution in [0.15, 0.2) is 21.1 Å². The molecule has 17 heavy (non-hydrogen) atoms. The van der Waals surface area contributed by atoms with E-state index in [9.17, 15) is 0 Å². The number of hydrogen-bond donors (Lipinski definition) is 2. The average molecular weight is 367 g/mol. The predicted octanol–water partition coefficient (Wildman–Crippen LogP) is 3.08. The standard InChI is InChI=1S/C12H17Br2NO2/c1-2-15-8-9-6-10(13)12(11(14)7-9)17-5-3-4-16/h6-7,15-16H,2-5,8H2,1H3. The van der Waals surface area contributed by atoms with Gasteiger partial charge in [0.05, 0.1) is 15.6 Å². The number of aliphatic hydroxyl groups is 1. The summed E-state index contributed by atoms with van der Waals surface area (Å²) in [6.07, 6.45) is 0.637. The first-order valence-electron chi connectivity index (χ1n) is 5.61. The number of aliphatic hydroxyl groups excluding tert-OH is 1. The van der Waals surface area contributed by atoms with Crippen LogP contribution in [0.1, 0.15) is 18.9 Å². The lowest BCUT2D eigenvalue weighted by molar-refractivity contribution is 0.232. The normalized spacial score (nSPS) is 10.6. The van der Waals surface area contributed by atoms with Crippen molar-refractivity contribution >= 4 is 31.9 Å². The molecule has 0 unspecified atom stereocenters. The Kier molecular flexibility index (Phi) is 7.11. The molecule has 0 spiro atoms. The van der Waals surface area contributed by atoms with Crippen LogP contribution in [-0.4, -0.2) is 24.9 Å². The number of nitrogens with one attached hydrogen (secondary N) is 1. The topological polar surface area (TPSA) is 41.5 Å². The number of benzene rings is 1. The van der Waals surface area contributed by atoms with E-state index in [-0.39, 0.29) is 6.61 Å². The second kappa shape index (κ2) is 8.08. The van der Waals surface area contributed by atoms with E-state index < -0.39 is 0 Å². The molecule has 1 rings (SSSR count). The third kappa shape index (κ3) is 4.95. The molecule has 1 aromatic carbocycles. The van der Waals surface area contributed by atoms with Gasteiger partial charge in [-0.2, -0.15) is 0 Å². The summed E-state index contributed by atoms with van der Waals surface area (Å²) in [5, 5.41) is 12.0. The molecule has 0 aromatic heterocycles. The van der Waals surface area contributed by atoms with E-state index in [4.69, 9.17) is 9.84 Å². The molecule has 0 fully saturated rings. The lowest BCUT2D eigenvalue weighted by Gasteiger charge is -2.12. The summed E-state index contributed by atoms with van der Waals surface area (Å²) in [6.45, 7) is 4.53. The molecule has 0 saturated carbocycles. The Hall–Kier alpha value is -0.100. The van der Waals surface area contributed by atoms with E-state index in [0.717, 1.165) is 27.8 Å². The molecule has 0 radical (unpaired) electrons. The van der Waals surface area contributed by atoms with Crippen molar-refractivity contribution < 1.29 is 9.84 Å². The summed E-state index contributed by atoms with van der Waals surface area (Å²) in [4.78, 5) is 0. The van der Waals surface area contributed by atoms with Gasteiger partial charge in [-0.3, -0.25) is 0 Å². The molecule has 0 amide bonds. The molecule has 2 N–H and O–H groups in total. The Labute approximate surface area is 119 Å². The summed E-state index contributed by atoms with van der Waals surface area (Å²) in [7, 11) is 0. The van der Waals surface area contributed by atoms with E-state index in [1.807, 2.05) is 12.1 Å². The molecule has 5 heteroatoms. The van der Waals surface area contributed by atoms with E-state index in [1.54, 1.807) is 0 Å². The van der Waals surface area contributed by atoms with E-state index in [2.05, 4.69) is 44.1 Å². The first kappa shape index (κ1) is 15.0. The minimum Gasteiger partial charge on any atom is -0.491 e. The highest BCUT2D eigenvalue weighted by Gasteiger charge is 2.08. The maximum Gasteiger partial charge on any atom is 0.147 e. The number of rotatable bonds is 7. The Morgan fingerprint density at radius 2 is 1.94 bits per heavy atom. The predicted molar refractivity (Wildman–Crippen MR) is 76.4 cm³/mol. The fourth-order valence-electron chi connectivity index (χ4n) is 1.36. The average Bonchev–Trinajstić information content (AvgIpc) is 2.30. The van der Waals surface area contributed by atoms with Crippen molar-refractivity contribution in [2.45, 2.75) is 19.9 Å². The smallest absolute Gasteiger partial charge is 0.147 e. The largest absolute Gasteiger partial charge is 0.491 e. The molecular formula is C12H17Br2NO2. The van der Waals surface area contributed by atoms with Crippen LogP contribution in [0, 0.1) is 0 Å². The quantitative estimate of drug-likeness (QED) is 0.728. The zero-order valence-electron chi connectivity index (χ0n) is 9.80. The van der Waals surface area contributed by atoms with Crippen LogP contribution >= 0.6 is 31.9 Å². The van der Waals surface area contributed by atoms with Gasteiger partial charge in [-0.05, 0) is 56.1 Å². The van der Waals surface area contributed by atoms with Crippen molar-refractivity contribution in [1.82, 2.24) is 5.32 Å². The van der Waals surface area contributed by atoms with Crippen LogP contribution in [0.3, 0.4) is 0 Å². The third-order valence-corrected chi connectivity index (χ3v) is 3.36. The maximum atomic E-state index is 8.71. The highest BCUT2D eigenvalue weighted by molar-refractivity contribution is 9.11. The van der Waals surface area contributed by atoms with Gasteiger partial charge in [0.1, 0.15) is 5.75 Å². The molecule has 0 bridgehead atoms. The SMILES string of the molecule is CCNCc1cc(Br)c(OCCCO)c(Br)c1. The van der Waals surface area contributed by atoms with Crippen molar-refractivity contribution in [1.29, 1.82) is 0 Å². The van der Waals surface area contributed by atoms with Crippen molar-refractivity contribution in [2.24, 2.45) is 0 Å². The van der Waals surface area contributed by atoms with Gasteiger partial charge >= 0.3 is 0 Å². The fraction of sp³-hybridized carbons (Fsp3) is 0.500. The van der Waals surface area contributed by atoms with Crippen LogP contribution in [0.4, 0.5) is 0 Å². The molecule has 1 aromatic rings. The molecule has 3 nitrogen and oxygen atoms in total. The fourth-order valence-corrected chi connectivity index (χ4v) is 2.87. The van der Waals surface area contributed by atoms with Crippen LogP contribution in [-0.2, 0) is 6.54 Å². The lowest BCUT2D eigenvalue weighted by Crippen LogP contribution is -2.11. The molecule has 0 saturated heterocycles.